The summed E-state index contributed by atoms with van der Waals surface area (Å²) in [7, 11) is 0. The lowest BCUT2D eigenvalue weighted by molar-refractivity contribution is 0.696. The third-order valence-corrected chi connectivity index (χ3v) is 3.45. The van der Waals surface area contributed by atoms with E-state index in [9.17, 15) is 0 Å². The predicted molar refractivity (Wildman–Crippen MR) is 80.3 cm³/mol. The minimum absolute atomic E-state index is 0.784. The Labute approximate surface area is 117 Å². The van der Waals surface area contributed by atoms with E-state index >= 15 is 0 Å². The van der Waals surface area contributed by atoms with Crippen LogP contribution in [0, 0.1) is 0 Å². The van der Waals surface area contributed by atoms with Crippen LogP contribution in [0.25, 0.3) is 10.9 Å². The smallest absolute Gasteiger partial charge is 0.0457 e. The molecule has 0 unspecified atom stereocenters. The van der Waals surface area contributed by atoms with Gasteiger partial charge in [-0.2, -0.15) is 0 Å². The zero-order valence-electron chi connectivity index (χ0n) is 10.5. The van der Waals surface area contributed by atoms with E-state index in [2.05, 4.69) is 40.6 Å². The van der Waals surface area contributed by atoms with Crippen molar-refractivity contribution in [3.63, 3.8) is 0 Å². The number of fused-ring (bicyclic) bond motifs is 1. The third kappa shape index (κ3) is 2.80. The first-order valence-electron chi connectivity index (χ1n) is 6.33. The van der Waals surface area contributed by atoms with Gasteiger partial charge in [0.05, 0.1) is 0 Å². The van der Waals surface area contributed by atoms with Crippen LogP contribution in [0.2, 0.25) is 5.02 Å². The van der Waals surface area contributed by atoms with Gasteiger partial charge in [-0.15, -0.1) is 0 Å². The SMILES string of the molecule is Clc1cccc(CNCc2cccc3[nH]ccc23)c1. The monoisotopic (exact) mass is 270 g/mol. The standard InChI is InChI=1S/C16H15ClN2/c17-14-5-1-3-12(9-14)10-18-11-13-4-2-6-16-15(13)7-8-19-16/h1-9,18-19H,10-11H2. The van der Waals surface area contributed by atoms with Gasteiger partial charge in [-0.1, -0.05) is 35.9 Å². The van der Waals surface area contributed by atoms with Gasteiger partial charge < -0.3 is 10.3 Å². The lowest BCUT2D eigenvalue weighted by Crippen LogP contribution is -2.12. The summed E-state index contributed by atoms with van der Waals surface area (Å²) >= 11 is 5.97. The van der Waals surface area contributed by atoms with E-state index in [1.54, 1.807) is 0 Å². The molecule has 0 radical (unpaired) electrons. The zero-order valence-corrected chi connectivity index (χ0v) is 11.2. The van der Waals surface area contributed by atoms with E-state index in [1.165, 1.54) is 22.0 Å². The van der Waals surface area contributed by atoms with Crippen molar-refractivity contribution in [2.75, 3.05) is 0 Å². The molecule has 0 aliphatic rings. The van der Waals surface area contributed by atoms with Crippen molar-refractivity contribution in [1.82, 2.24) is 10.3 Å². The number of nitrogens with one attached hydrogen (secondary N) is 2. The molecule has 0 aliphatic heterocycles. The van der Waals surface area contributed by atoms with Gasteiger partial charge in [-0.3, -0.25) is 0 Å². The van der Waals surface area contributed by atoms with E-state index in [0.29, 0.717) is 0 Å². The van der Waals surface area contributed by atoms with Crippen LogP contribution in [-0.2, 0) is 13.1 Å². The topological polar surface area (TPSA) is 27.8 Å². The molecule has 0 amide bonds. The van der Waals surface area contributed by atoms with E-state index in [0.717, 1.165) is 18.1 Å². The Morgan fingerprint density at radius 2 is 1.89 bits per heavy atom. The van der Waals surface area contributed by atoms with Crippen molar-refractivity contribution >= 4 is 22.5 Å². The highest BCUT2D eigenvalue weighted by Crippen LogP contribution is 2.17. The number of rotatable bonds is 4. The molecule has 0 aliphatic carbocycles. The number of hydrogen-bond acceptors (Lipinski definition) is 1. The second-order valence-electron chi connectivity index (χ2n) is 4.59. The number of H-pyrrole nitrogens is 1. The molecule has 19 heavy (non-hydrogen) atoms. The van der Waals surface area contributed by atoms with Crippen LogP contribution in [0.5, 0.6) is 0 Å². The lowest BCUT2D eigenvalue weighted by Gasteiger charge is -2.07. The summed E-state index contributed by atoms with van der Waals surface area (Å²) in [6.45, 7) is 1.67. The van der Waals surface area contributed by atoms with Crippen LogP contribution in [0.15, 0.2) is 54.7 Å². The Kier molecular flexibility index (Phi) is 3.53. The van der Waals surface area contributed by atoms with Gasteiger partial charge >= 0.3 is 0 Å². The van der Waals surface area contributed by atoms with Crippen molar-refractivity contribution < 1.29 is 0 Å². The van der Waals surface area contributed by atoms with E-state index in [4.69, 9.17) is 11.6 Å². The maximum Gasteiger partial charge on any atom is 0.0457 e. The average Bonchev–Trinajstić information content (AvgIpc) is 2.88. The number of aromatic nitrogens is 1. The lowest BCUT2D eigenvalue weighted by atomic mass is 10.1. The summed E-state index contributed by atoms with van der Waals surface area (Å²) in [5, 5.41) is 5.52. The summed E-state index contributed by atoms with van der Waals surface area (Å²) in [6, 6.07) is 16.4. The molecule has 3 heteroatoms. The molecule has 3 aromatic rings. The molecule has 0 saturated carbocycles. The van der Waals surface area contributed by atoms with Crippen molar-refractivity contribution in [2.45, 2.75) is 13.1 Å². The molecule has 0 atom stereocenters. The molecule has 0 spiro atoms. The average molecular weight is 271 g/mol. The van der Waals surface area contributed by atoms with Gasteiger partial charge in [0.25, 0.3) is 0 Å². The molecule has 0 saturated heterocycles. The maximum atomic E-state index is 5.97. The molecule has 3 rings (SSSR count). The molecule has 2 aromatic carbocycles. The molecule has 2 nitrogen and oxygen atoms in total. The largest absolute Gasteiger partial charge is 0.361 e. The highest BCUT2D eigenvalue weighted by atomic mass is 35.5. The second kappa shape index (κ2) is 5.47. The maximum absolute atomic E-state index is 5.97. The van der Waals surface area contributed by atoms with Gasteiger partial charge in [0, 0.05) is 35.2 Å². The quantitative estimate of drug-likeness (QED) is 0.734. The highest BCUT2D eigenvalue weighted by molar-refractivity contribution is 6.30. The minimum Gasteiger partial charge on any atom is -0.361 e. The van der Waals surface area contributed by atoms with E-state index in [-0.39, 0.29) is 0 Å². The van der Waals surface area contributed by atoms with Gasteiger partial charge in [0.2, 0.25) is 0 Å². The van der Waals surface area contributed by atoms with Crippen LogP contribution < -0.4 is 5.32 Å². The van der Waals surface area contributed by atoms with Crippen LogP contribution in [0.4, 0.5) is 0 Å². The first kappa shape index (κ1) is 12.3. The second-order valence-corrected chi connectivity index (χ2v) is 5.03. The van der Waals surface area contributed by atoms with Gasteiger partial charge in [-0.05, 0) is 35.4 Å². The van der Waals surface area contributed by atoms with Crippen molar-refractivity contribution in [2.24, 2.45) is 0 Å². The summed E-state index contributed by atoms with van der Waals surface area (Å²) in [5.74, 6) is 0. The van der Waals surface area contributed by atoms with E-state index in [1.807, 2.05) is 24.4 Å². The summed E-state index contributed by atoms with van der Waals surface area (Å²) in [5.41, 5.74) is 3.69. The molecule has 0 fully saturated rings. The Bertz CT molecular complexity index is 688. The Morgan fingerprint density at radius 1 is 1.00 bits per heavy atom. The van der Waals surface area contributed by atoms with Crippen LogP contribution in [0.1, 0.15) is 11.1 Å². The van der Waals surface area contributed by atoms with Gasteiger partial charge in [0.15, 0.2) is 0 Å². The highest BCUT2D eigenvalue weighted by Gasteiger charge is 2.01. The molecule has 1 aromatic heterocycles. The molecule has 1 heterocycles. The molecule has 0 bridgehead atoms. The number of benzene rings is 2. The van der Waals surface area contributed by atoms with Crippen LogP contribution in [-0.4, -0.2) is 4.98 Å². The van der Waals surface area contributed by atoms with Gasteiger partial charge in [-0.25, -0.2) is 0 Å². The number of hydrogen-bond donors (Lipinski definition) is 2. The molecular formula is C16H15ClN2. The van der Waals surface area contributed by atoms with Gasteiger partial charge in [0.1, 0.15) is 0 Å². The summed E-state index contributed by atoms with van der Waals surface area (Å²) < 4.78 is 0. The molecular weight excluding hydrogens is 256 g/mol. The predicted octanol–water partition coefficient (Wildman–Crippen LogP) is 4.11. The fourth-order valence-corrected chi connectivity index (χ4v) is 2.51. The first-order valence-corrected chi connectivity index (χ1v) is 6.71. The number of aromatic amines is 1. The fraction of sp³-hybridized carbons (Fsp3) is 0.125. The third-order valence-electron chi connectivity index (χ3n) is 3.22. The fourth-order valence-electron chi connectivity index (χ4n) is 2.29. The van der Waals surface area contributed by atoms with Crippen molar-refractivity contribution in [3.8, 4) is 0 Å². The molecule has 96 valence electrons. The summed E-state index contributed by atoms with van der Waals surface area (Å²) in [4.78, 5) is 3.23. The first-order chi connectivity index (χ1) is 9.33. The zero-order chi connectivity index (χ0) is 13.1. The summed E-state index contributed by atoms with van der Waals surface area (Å²) in [6.07, 6.45) is 1.98. The Morgan fingerprint density at radius 3 is 2.79 bits per heavy atom. The van der Waals surface area contributed by atoms with Crippen LogP contribution >= 0.6 is 11.6 Å². The van der Waals surface area contributed by atoms with Crippen molar-refractivity contribution in [3.05, 3.63) is 70.9 Å². The minimum atomic E-state index is 0.784. The van der Waals surface area contributed by atoms with Crippen LogP contribution in [0.3, 0.4) is 0 Å². The number of halogens is 1. The van der Waals surface area contributed by atoms with Crippen molar-refractivity contribution in [1.29, 1.82) is 0 Å². The molecule has 2 N–H and O–H groups in total. The normalized spacial score (nSPS) is 11.0. The van der Waals surface area contributed by atoms with E-state index < -0.39 is 0 Å². The Balaban J connectivity index is 1.68. The Hall–Kier alpha value is -1.77.